The summed E-state index contributed by atoms with van der Waals surface area (Å²) in [6.45, 7) is -0.144. The minimum absolute atomic E-state index is 0.0576. The fourth-order valence-electron chi connectivity index (χ4n) is 4.08. The normalized spacial score (nSPS) is 13.0. The van der Waals surface area contributed by atoms with E-state index in [1.165, 1.54) is 0 Å². The Labute approximate surface area is 183 Å². The summed E-state index contributed by atoms with van der Waals surface area (Å²) in [5.74, 6) is -1.78. The first-order valence-electron chi connectivity index (χ1n) is 10.0. The average molecular weight is 432 g/mol. The third kappa shape index (κ3) is 4.02. The van der Waals surface area contributed by atoms with Crippen LogP contribution in [0.25, 0.3) is 11.1 Å². The molecule has 0 fully saturated rings. The molecule has 0 aliphatic heterocycles. The standard InChI is InChI=1S/C24H20N2O6/c27-23(28)22(14-16-8-2-1-3-9-16)25(26(30)31)24(29)32-15-21-19-12-6-4-10-17(19)18-11-5-7-13-20(18)21/h1-13,21-22H,14-15H2,(H,27,28)/t22-/m0/s1. The van der Waals surface area contributed by atoms with E-state index in [-0.39, 0.29) is 24.0 Å². The van der Waals surface area contributed by atoms with Crippen molar-refractivity contribution in [1.82, 2.24) is 5.01 Å². The maximum Gasteiger partial charge on any atom is 0.469 e. The summed E-state index contributed by atoms with van der Waals surface area (Å²) in [7, 11) is 0. The topological polar surface area (TPSA) is 110 Å². The lowest BCUT2D eigenvalue weighted by molar-refractivity contribution is -0.641. The number of carbonyl (C=O) groups excluding carboxylic acids is 1. The largest absolute Gasteiger partial charge is 0.480 e. The summed E-state index contributed by atoms with van der Waals surface area (Å²) in [6, 6.07) is 22.1. The predicted molar refractivity (Wildman–Crippen MR) is 115 cm³/mol. The number of carbonyl (C=O) groups is 2. The summed E-state index contributed by atoms with van der Waals surface area (Å²) >= 11 is 0. The van der Waals surface area contributed by atoms with E-state index >= 15 is 0 Å². The van der Waals surface area contributed by atoms with Gasteiger partial charge in [-0.05, 0) is 32.8 Å². The number of carboxylic acid groups (broad SMARTS) is 1. The van der Waals surface area contributed by atoms with Crippen molar-refractivity contribution in [3.63, 3.8) is 0 Å². The Balaban J connectivity index is 1.55. The number of carboxylic acids is 1. The number of benzene rings is 3. The summed E-state index contributed by atoms with van der Waals surface area (Å²) in [5, 5.41) is 20.3. The van der Waals surface area contributed by atoms with E-state index in [2.05, 4.69) is 0 Å². The molecule has 0 spiro atoms. The number of hydrazine groups is 1. The summed E-state index contributed by atoms with van der Waals surface area (Å²) < 4.78 is 5.31. The molecule has 32 heavy (non-hydrogen) atoms. The Morgan fingerprint density at radius 1 is 0.938 bits per heavy atom. The molecule has 0 saturated carbocycles. The SMILES string of the molecule is O=C(O)[C@H](Cc1ccccc1)N(C(=O)OCC1c2ccccc2-c2ccccc21)[N+](=O)[O-]. The van der Waals surface area contributed by atoms with Gasteiger partial charge in [-0.3, -0.25) is 0 Å². The van der Waals surface area contributed by atoms with Gasteiger partial charge in [0.2, 0.25) is 6.04 Å². The van der Waals surface area contributed by atoms with Crippen LogP contribution in [0.15, 0.2) is 78.9 Å². The third-order valence-electron chi connectivity index (χ3n) is 5.55. The maximum absolute atomic E-state index is 12.7. The number of rotatable bonds is 7. The number of hydrogen-bond acceptors (Lipinski definition) is 5. The minimum Gasteiger partial charge on any atom is -0.480 e. The van der Waals surface area contributed by atoms with Gasteiger partial charge < -0.3 is 9.84 Å². The fourth-order valence-corrected chi connectivity index (χ4v) is 4.08. The van der Waals surface area contributed by atoms with Crippen LogP contribution in [0.1, 0.15) is 22.6 Å². The molecule has 0 unspecified atom stereocenters. The van der Waals surface area contributed by atoms with Crippen molar-refractivity contribution in [2.45, 2.75) is 18.4 Å². The van der Waals surface area contributed by atoms with Crippen LogP contribution >= 0.6 is 0 Å². The molecule has 1 amide bonds. The average Bonchev–Trinajstić information content (AvgIpc) is 3.11. The van der Waals surface area contributed by atoms with Crippen molar-refractivity contribution >= 4 is 12.1 Å². The number of aliphatic carboxylic acids is 1. The van der Waals surface area contributed by atoms with Gasteiger partial charge in [0.05, 0.1) is 0 Å². The van der Waals surface area contributed by atoms with Crippen molar-refractivity contribution < 1.29 is 24.5 Å². The van der Waals surface area contributed by atoms with Gasteiger partial charge in [-0.25, -0.2) is 19.7 Å². The van der Waals surface area contributed by atoms with Crippen molar-refractivity contribution in [3.8, 4) is 11.1 Å². The van der Waals surface area contributed by atoms with Crippen LogP contribution in [-0.4, -0.2) is 39.9 Å². The predicted octanol–water partition coefficient (Wildman–Crippen LogP) is 4.13. The van der Waals surface area contributed by atoms with Crippen molar-refractivity contribution in [1.29, 1.82) is 0 Å². The maximum atomic E-state index is 12.7. The van der Waals surface area contributed by atoms with Crippen LogP contribution in [-0.2, 0) is 16.0 Å². The number of hydrogen-bond donors (Lipinski definition) is 1. The molecule has 0 radical (unpaired) electrons. The van der Waals surface area contributed by atoms with E-state index in [0.29, 0.717) is 5.56 Å². The molecule has 0 bridgehead atoms. The first-order valence-corrected chi connectivity index (χ1v) is 10.0. The molecular formula is C24H20N2O6. The Kier molecular flexibility index (Phi) is 5.85. The molecule has 1 aliphatic rings. The van der Waals surface area contributed by atoms with Gasteiger partial charge in [-0.2, -0.15) is 0 Å². The molecule has 1 N–H and O–H groups in total. The van der Waals surface area contributed by atoms with Crippen LogP contribution in [0.4, 0.5) is 4.79 Å². The number of fused-ring (bicyclic) bond motifs is 3. The van der Waals surface area contributed by atoms with E-state index in [0.717, 1.165) is 22.3 Å². The van der Waals surface area contributed by atoms with E-state index in [4.69, 9.17) is 4.74 Å². The Morgan fingerprint density at radius 3 is 2.00 bits per heavy atom. The Hall–Kier alpha value is -4.20. The number of nitro groups is 1. The molecule has 0 aromatic heterocycles. The second-order valence-electron chi connectivity index (χ2n) is 7.43. The highest BCUT2D eigenvalue weighted by atomic mass is 16.7. The molecule has 1 aliphatic carbocycles. The Bertz CT molecular complexity index is 1120. The molecule has 4 rings (SSSR count). The lowest BCUT2D eigenvalue weighted by Crippen LogP contribution is -2.50. The van der Waals surface area contributed by atoms with E-state index in [1.54, 1.807) is 30.3 Å². The van der Waals surface area contributed by atoms with Gasteiger partial charge in [-0.15, -0.1) is 0 Å². The molecule has 0 saturated heterocycles. The second kappa shape index (κ2) is 8.89. The zero-order valence-corrected chi connectivity index (χ0v) is 17.0. The van der Waals surface area contributed by atoms with Gasteiger partial charge >= 0.3 is 12.1 Å². The third-order valence-corrected chi connectivity index (χ3v) is 5.55. The van der Waals surface area contributed by atoms with Gasteiger partial charge in [0.25, 0.3) is 0 Å². The van der Waals surface area contributed by atoms with E-state index < -0.39 is 23.1 Å². The highest BCUT2D eigenvalue weighted by molar-refractivity contribution is 5.80. The van der Waals surface area contributed by atoms with Crippen LogP contribution in [0, 0.1) is 10.1 Å². The zero-order chi connectivity index (χ0) is 22.7. The van der Waals surface area contributed by atoms with Crippen LogP contribution < -0.4 is 0 Å². The first kappa shape index (κ1) is 21.0. The van der Waals surface area contributed by atoms with Crippen molar-refractivity contribution in [2.24, 2.45) is 0 Å². The quantitative estimate of drug-likeness (QED) is 0.444. The molecule has 0 heterocycles. The number of ether oxygens (including phenoxy) is 1. The number of amides is 1. The minimum atomic E-state index is -1.71. The summed E-state index contributed by atoms with van der Waals surface area (Å²) in [4.78, 5) is 36.1. The second-order valence-corrected chi connectivity index (χ2v) is 7.43. The molecule has 1 atom stereocenters. The van der Waals surface area contributed by atoms with E-state index in [1.807, 2.05) is 48.5 Å². The molecule has 3 aromatic rings. The Morgan fingerprint density at radius 2 is 1.47 bits per heavy atom. The van der Waals surface area contributed by atoms with Gasteiger partial charge in [0, 0.05) is 12.3 Å². The van der Waals surface area contributed by atoms with Crippen LogP contribution in [0.3, 0.4) is 0 Å². The van der Waals surface area contributed by atoms with Crippen molar-refractivity contribution in [2.75, 3.05) is 6.61 Å². The number of nitrogens with zero attached hydrogens (tertiary/aromatic N) is 2. The zero-order valence-electron chi connectivity index (χ0n) is 17.0. The summed E-state index contributed by atoms with van der Waals surface area (Å²) in [5.41, 5.74) is 4.49. The molecule has 162 valence electrons. The smallest absolute Gasteiger partial charge is 0.469 e. The lowest BCUT2D eigenvalue weighted by atomic mass is 9.98. The van der Waals surface area contributed by atoms with Gasteiger partial charge in [0.1, 0.15) is 6.61 Å². The van der Waals surface area contributed by atoms with E-state index in [9.17, 15) is 24.8 Å². The van der Waals surface area contributed by atoms with Crippen LogP contribution in [0.2, 0.25) is 0 Å². The monoisotopic (exact) mass is 432 g/mol. The lowest BCUT2D eigenvalue weighted by Gasteiger charge is -2.21. The van der Waals surface area contributed by atoms with Crippen molar-refractivity contribution in [3.05, 3.63) is 106 Å². The highest BCUT2D eigenvalue weighted by Crippen LogP contribution is 2.44. The molecular weight excluding hydrogens is 412 g/mol. The highest BCUT2D eigenvalue weighted by Gasteiger charge is 2.41. The molecule has 8 heteroatoms. The van der Waals surface area contributed by atoms with Gasteiger partial charge in [-0.1, -0.05) is 78.9 Å². The molecule has 8 nitrogen and oxygen atoms in total. The fraction of sp³-hybridized carbons (Fsp3) is 0.167. The first-order chi connectivity index (χ1) is 15.5. The van der Waals surface area contributed by atoms with Gasteiger partial charge in [0.15, 0.2) is 5.03 Å². The molecule has 3 aromatic carbocycles. The summed E-state index contributed by atoms with van der Waals surface area (Å²) in [6.07, 6.45) is -1.53. The van der Waals surface area contributed by atoms with Crippen LogP contribution in [0.5, 0.6) is 0 Å².